The molecule has 2 rings (SSSR count). The summed E-state index contributed by atoms with van der Waals surface area (Å²) in [6, 6.07) is 4.97. The first-order valence-corrected chi connectivity index (χ1v) is 6.40. The predicted octanol–water partition coefficient (Wildman–Crippen LogP) is 2.48. The minimum Gasteiger partial charge on any atom is -0.379 e. The van der Waals surface area contributed by atoms with Crippen LogP contribution in [0.25, 0.3) is 10.8 Å². The van der Waals surface area contributed by atoms with Gasteiger partial charge in [0.1, 0.15) is 0 Å². The monoisotopic (exact) mass is 291 g/mol. The third kappa shape index (κ3) is 3.26. The molecule has 1 aromatic carbocycles. The average Bonchev–Trinajstić information content (AvgIpc) is 2.47. The molecule has 112 valence electrons. The summed E-state index contributed by atoms with van der Waals surface area (Å²) in [5.74, 6) is 0. The van der Waals surface area contributed by atoms with Gasteiger partial charge in [-0.05, 0) is 19.1 Å². The lowest BCUT2D eigenvalue weighted by molar-refractivity contribution is -0.383. The fraction of sp³-hybridized carbons (Fsp3) is 0.357. The van der Waals surface area contributed by atoms with Crippen molar-refractivity contribution in [2.24, 2.45) is 0 Å². The third-order valence-corrected chi connectivity index (χ3v) is 3.20. The molecule has 2 aromatic rings. The first kappa shape index (κ1) is 15.1. The Morgan fingerprint density at radius 3 is 2.67 bits per heavy atom. The Hall–Kier alpha value is -2.25. The highest BCUT2D eigenvalue weighted by Gasteiger charge is 2.15. The van der Waals surface area contributed by atoms with E-state index in [4.69, 9.17) is 9.47 Å². The maximum atomic E-state index is 11.1. The van der Waals surface area contributed by atoms with E-state index in [1.807, 2.05) is 13.0 Å². The number of rotatable bonds is 6. The van der Waals surface area contributed by atoms with Gasteiger partial charge >= 0.3 is 0 Å². The quantitative estimate of drug-likeness (QED) is 0.500. The molecule has 1 aromatic heterocycles. The fourth-order valence-corrected chi connectivity index (χ4v) is 2.10. The number of nitrogens with one attached hydrogen (secondary N) is 1. The van der Waals surface area contributed by atoms with E-state index in [9.17, 15) is 10.1 Å². The highest BCUT2D eigenvalue weighted by atomic mass is 16.7. The summed E-state index contributed by atoms with van der Waals surface area (Å²) >= 11 is 0. The number of hydrogen-bond acceptors (Lipinski definition) is 6. The van der Waals surface area contributed by atoms with Crippen molar-refractivity contribution in [2.45, 2.75) is 13.2 Å². The number of non-ortho nitro benzene ring substituents is 1. The van der Waals surface area contributed by atoms with E-state index >= 15 is 0 Å². The summed E-state index contributed by atoms with van der Waals surface area (Å²) in [6.45, 7) is 2.27. The van der Waals surface area contributed by atoms with E-state index in [1.54, 1.807) is 20.3 Å². The van der Waals surface area contributed by atoms with Gasteiger partial charge in [-0.2, -0.15) is 0 Å². The average molecular weight is 291 g/mol. The molecule has 7 nitrogen and oxygen atoms in total. The number of aromatic nitrogens is 1. The van der Waals surface area contributed by atoms with Crippen LogP contribution < -0.4 is 5.32 Å². The molecule has 1 heterocycles. The number of hydrogen-bond donors (Lipinski definition) is 1. The summed E-state index contributed by atoms with van der Waals surface area (Å²) in [6.07, 6.45) is 1.14. The van der Waals surface area contributed by atoms with Gasteiger partial charge in [-0.3, -0.25) is 15.1 Å². The zero-order valence-corrected chi connectivity index (χ0v) is 12.1. The molecule has 1 N–H and O–H groups in total. The number of nitrogens with zero attached hydrogens (tertiary/aromatic N) is 2. The van der Waals surface area contributed by atoms with Crippen LogP contribution in [-0.2, 0) is 9.47 Å². The van der Waals surface area contributed by atoms with Crippen LogP contribution in [0.4, 0.5) is 11.4 Å². The number of nitro groups is 1. The molecule has 0 atom stereocenters. The Labute approximate surface area is 122 Å². The van der Waals surface area contributed by atoms with Crippen LogP contribution in [0.5, 0.6) is 0 Å². The van der Waals surface area contributed by atoms with Crippen LogP contribution in [0, 0.1) is 17.0 Å². The lowest BCUT2D eigenvalue weighted by Crippen LogP contribution is -2.23. The highest BCUT2D eigenvalue weighted by molar-refractivity contribution is 5.99. The number of pyridine rings is 1. The SMILES string of the molecule is COC(CNc1ccc([N+](=O)[O-])c2cnc(C)cc12)OC. The second kappa shape index (κ2) is 6.47. The normalized spacial score (nSPS) is 11.0. The molecule has 0 unspecified atom stereocenters. The predicted molar refractivity (Wildman–Crippen MR) is 79.4 cm³/mol. The number of anilines is 1. The Morgan fingerprint density at radius 2 is 2.05 bits per heavy atom. The standard InChI is InChI=1S/C14H17N3O4/c1-9-6-10-11(7-15-9)13(17(18)19)5-4-12(10)16-8-14(20-2)21-3/h4-7,14,16H,8H2,1-3H3. The van der Waals surface area contributed by atoms with Crippen molar-refractivity contribution in [2.75, 3.05) is 26.1 Å². The molecule has 0 saturated carbocycles. The van der Waals surface area contributed by atoms with Crippen molar-refractivity contribution < 1.29 is 14.4 Å². The first-order valence-electron chi connectivity index (χ1n) is 6.40. The molecule has 7 heteroatoms. The summed E-state index contributed by atoms with van der Waals surface area (Å²) in [4.78, 5) is 14.8. The first-order chi connectivity index (χ1) is 10.1. The van der Waals surface area contributed by atoms with Gasteiger partial charge in [0.15, 0.2) is 6.29 Å². The number of fused-ring (bicyclic) bond motifs is 1. The van der Waals surface area contributed by atoms with Crippen LogP contribution in [0.3, 0.4) is 0 Å². The topological polar surface area (TPSA) is 86.5 Å². The molecule has 21 heavy (non-hydrogen) atoms. The van der Waals surface area contributed by atoms with Crippen LogP contribution in [0.2, 0.25) is 0 Å². The minimum absolute atomic E-state index is 0.0399. The lowest BCUT2D eigenvalue weighted by Gasteiger charge is -2.16. The largest absolute Gasteiger partial charge is 0.379 e. The highest BCUT2D eigenvalue weighted by Crippen LogP contribution is 2.31. The number of methoxy groups -OCH3 is 2. The molecule has 0 amide bonds. The number of aryl methyl sites for hydroxylation is 1. The fourth-order valence-electron chi connectivity index (χ4n) is 2.10. The van der Waals surface area contributed by atoms with Crippen LogP contribution in [-0.4, -0.2) is 37.0 Å². The summed E-state index contributed by atoms with van der Waals surface area (Å²) in [5, 5.41) is 15.5. The van der Waals surface area contributed by atoms with E-state index in [1.165, 1.54) is 12.3 Å². The molecule has 0 aliphatic heterocycles. The lowest BCUT2D eigenvalue weighted by atomic mass is 10.1. The minimum atomic E-state index is -0.407. The Balaban J connectivity index is 2.42. The van der Waals surface area contributed by atoms with E-state index in [0.29, 0.717) is 11.9 Å². The van der Waals surface area contributed by atoms with Gasteiger partial charge in [0.2, 0.25) is 0 Å². The van der Waals surface area contributed by atoms with Gasteiger partial charge < -0.3 is 14.8 Å². The maximum Gasteiger partial charge on any atom is 0.278 e. The van der Waals surface area contributed by atoms with Crippen molar-refractivity contribution in [3.05, 3.63) is 40.2 Å². The van der Waals surface area contributed by atoms with Gasteiger partial charge in [0.05, 0.1) is 16.9 Å². The van der Waals surface area contributed by atoms with Gasteiger partial charge in [-0.15, -0.1) is 0 Å². The number of ether oxygens (including phenoxy) is 2. The van der Waals surface area contributed by atoms with Crippen LogP contribution in [0.1, 0.15) is 5.69 Å². The molecule has 0 bridgehead atoms. The van der Waals surface area contributed by atoms with Gasteiger partial charge in [-0.25, -0.2) is 0 Å². The summed E-state index contributed by atoms with van der Waals surface area (Å²) in [5.41, 5.74) is 1.61. The molecule has 0 aliphatic carbocycles. The molecular weight excluding hydrogens is 274 g/mol. The summed E-state index contributed by atoms with van der Waals surface area (Å²) in [7, 11) is 3.11. The maximum absolute atomic E-state index is 11.1. The Kier molecular flexibility index (Phi) is 4.66. The summed E-state index contributed by atoms with van der Waals surface area (Å²) < 4.78 is 10.2. The third-order valence-electron chi connectivity index (χ3n) is 3.20. The van der Waals surface area contributed by atoms with Crippen LogP contribution >= 0.6 is 0 Å². The number of benzene rings is 1. The van der Waals surface area contributed by atoms with E-state index in [-0.39, 0.29) is 5.69 Å². The molecular formula is C14H17N3O4. The second-order valence-electron chi connectivity index (χ2n) is 4.54. The smallest absolute Gasteiger partial charge is 0.278 e. The zero-order chi connectivity index (χ0) is 15.4. The molecule has 0 fully saturated rings. The van der Waals surface area contributed by atoms with Crippen molar-refractivity contribution in [3.63, 3.8) is 0 Å². The van der Waals surface area contributed by atoms with Gasteiger partial charge in [0, 0.05) is 43.3 Å². The Bertz CT molecular complexity index is 656. The van der Waals surface area contributed by atoms with Crippen LogP contribution in [0.15, 0.2) is 24.4 Å². The van der Waals surface area contributed by atoms with Crippen molar-refractivity contribution >= 4 is 22.1 Å². The molecule has 0 spiro atoms. The van der Waals surface area contributed by atoms with E-state index in [0.717, 1.165) is 16.8 Å². The van der Waals surface area contributed by atoms with Gasteiger partial charge in [0.25, 0.3) is 5.69 Å². The van der Waals surface area contributed by atoms with Crippen molar-refractivity contribution in [3.8, 4) is 0 Å². The number of nitro benzene ring substituents is 1. The molecule has 0 saturated heterocycles. The van der Waals surface area contributed by atoms with E-state index in [2.05, 4.69) is 10.3 Å². The van der Waals surface area contributed by atoms with E-state index < -0.39 is 11.2 Å². The second-order valence-corrected chi connectivity index (χ2v) is 4.54. The molecule has 0 aliphatic rings. The Morgan fingerprint density at radius 1 is 1.33 bits per heavy atom. The van der Waals surface area contributed by atoms with Gasteiger partial charge in [-0.1, -0.05) is 0 Å². The zero-order valence-electron chi connectivity index (χ0n) is 12.1. The van der Waals surface area contributed by atoms with Crippen molar-refractivity contribution in [1.29, 1.82) is 0 Å². The van der Waals surface area contributed by atoms with Crippen molar-refractivity contribution in [1.82, 2.24) is 4.98 Å². The molecule has 0 radical (unpaired) electrons.